The Morgan fingerprint density at radius 3 is 2.09 bits per heavy atom. The van der Waals surface area contributed by atoms with E-state index in [1.54, 1.807) is 0 Å². The number of amides is 4. The molecule has 0 aromatic heterocycles. The number of nitrogens with one attached hydrogen (secondary N) is 3. The number of carboxylic acids is 1. The molecule has 0 spiro atoms. The fraction of sp³-hybridized carbons (Fsp3) is 0.667. The van der Waals surface area contributed by atoms with Gasteiger partial charge in [0.15, 0.2) is 5.96 Å². The summed E-state index contributed by atoms with van der Waals surface area (Å²) < 4.78 is 0. The Morgan fingerprint density at radius 1 is 0.939 bits per heavy atom. The zero-order valence-electron chi connectivity index (χ0n) is 18.5. The Kier molecular flexibility index (Phi) is 15.0. The maximum Gasteiger partial charge on any atom is 0.322 e. The molecule has 0 aliphatic carbocycles. The molecule has 0 saturated carbocycles. The lowest BCUT2D eigenvalue weighted by atomic mass is 10.1. The molecule has 0 aromatic carbocycles. The number of aliphatic imine (C=N–C) groups is 1. The summed E-state index contributed by atoms with van der Waals surface area (Å²) in [6, 6.07) is -3.16. The number of rotatable bonds is 17. The molecule has 0 rings (SSSR count). The Bertz CT molecular complexity index is 716. The van der Waals surface area contributed by atoms with Gasteiger partial charge in [-0.05, 0) is 37.7 Å². The van der Waals surface area contributed by atoms with E-state index in [4.69, 9.17) is 28.0 Å². The highest BCUT2D eigenvalue weighted by atomic mass is 32.2. The van der Waals surface area contributed by atoms with Crippen molar-refractivity contribution in [2.75, 3.05) is 25.1 Å². The molecule has 0 bridgehead atoms. The third-order valence-electron chi connectivity index (χ3n) is 4.27. The monoisotopic (exact) mass is 490 g/mol. The number of hydrogen-bond acceptors (Lipinski definition) is 8. The van der Waals surface area contributed by atoms with E-state index >= 15 is 0 Å². The molecular weight excluding hydrogens is 456 g/mol. The zero-order valence-corrected chi connectivity index (χ0v) is 19.4. The highest BCUT2D eigenvalue weighted by molar-refractivity contribution is 7.98. The number of nitrogens with zero attached hydrogens (tertiary/aromatic N) is 1. The molecule has 14 nitrogen and oxygen atoms in total. The van der Waals surface area contributed by atoms with Gasteiger partial charge in [0.25, 0.3) is 0 Å². The molecule has 15 heteroatoms. The molecule has 4 amide bonds. The topological polar surface area (TPSA) is 258 Å². The molecular formula is C18H34N8O6S. The number of carboxylic acid groups (broad SMARTS) is 1. The minimum Gasteiger partial charge on any atom is -0.480 e. The van der Waals surface area contributed by atoms with Crippen LogP contribution in [-0.2, 0) is 24.0 Å². The van der Waals surface area contributed by atoms with Gasteiger partial charge in [-0.15, -0.1) is 0 Å². The first kappa shape index (κ1) is 29.9. The Hall–Kier alpha value is -3.07. The lowest BCUT2D eigenvalue weighted by Gasteiger charge is -2.24. The Labute approximate surface area is 196 Å². The second-order valence-corrected chi connectivity index (χ2v) is 8.06. The second kappa shape index (κ2) is 16.5. The third-order valence-corrected chi connectivity index (χ3v) is 4.92. The summed E-state index contributed by atoms with van der Waals surface area (Å²) in [5, 5.41) is 16.0. The number of hydrogen-bond donors (Lipinski definition) is 8. The smallest absolute Gasteiger partial charge is 0.322 e. The summed E-state index contributed by atoms with van der Waals surface area (Å²) in [5.41, 5.74) is 21.4. The Morgan fingerprint density at radius 2 is 1.55 bits per heavy atom. The number of guanidine groups is 1. The molecule has 3 unspecified atom stereocenters. The van der Waals surface area contributed by atoms with E-state index in [-0.39, 0.29) is 38.2 Å². The van der Waals surface area contributed by atoms with Gasteiger partial charge in [0.05, 0.1) is 6.04 Å². The first-order valence-electron chi connectivity index (χ1n) is 10.2. The minimum absolute atomic E-state index is 0.00253. The van der Waals surface area contributed by atoms with Crippen LogP contribution >= 0.6 is 11.8 Å². The van der Waals surface area contributed by atoms with Crippen molar-refractivity contribution in [3.05, 3.63) is 0 Å². The van der Waals surface area contributed by atoms with Crippen molar-refractivity contribution in [2.45, 2.75) is 50.2 Å². The molecule has 3 atom stereocenters. The fourth-order valence-corrected chi connectivity index (χ4v) is 3.01. The van der Waals surface area contributed by atoms with Gasteiger partial charge < -0.3 is 44.0 Å². The summed E-state index contributed by atoms with van der Waals surface area (Å²) in [5.74, 6) is -3.45. The average molecular weight is 491 g/mol. The van der Waals surface area contributed by atoms with Crippen molar-refractivity contribution in [2.24, 2.45) is 27.9 Å². The van der Waals surface area contributed by atoms with Gasteiger partial charge in [-0.2, -0.15) is 11.8 Å². The van der Waals surface area contributed by atoms with Crippen LogP contribution in [0.25, 0.3) is 0 Å². The van der Waals surface area contributed by atoms with Crippen molar-refractivity contribution < 1.29 is 29.1 Å². The average Bonchev–Trinajstić information content (AvgIpc) is 2.74. The predicted octanol–water partition coefficient (Wildman–Crippen LogP) is -3.44. The van der Waals surface area contributed by atoms with E-state index in [9.17, 15) is 24.0 Å². The highest BCUT2D eigenvalue weighted by Gasteiger charge is 2.28. The molecule has 12 N–H and O–H groups in total. The van der Waals surface area contributed by atoms with Crippen molar-refractivity contribution in [1.82, 2.24) is 16.0 Å². The summed E-state index contributed by atoms with van der Waals surface area (Å²) in [6.45, 7) is -0.400. The zero-order chi connectivity index (χ0) is 25.4. The Balaban J connectivity index is 5.31. The van der Waals surface area contributed by atoms with Crippen LogP contribution in [0, 0.1) is 0 Å². The van der Waals surface area contributed by atoms with Crippen LogP contribution in [0.15, 0.2) is 4.99 Å². The van der Waals surface area contributed by atoms with Crippen molar-refractivity contribution in [1.29, 1.82) is 0 Å². The number of thioether (sulfide) groups is 1. The van der Waals surface area contributed by atoms with Crippen LogP contribution in [0.2, 0.25) is 0 Å². The maximum atomic E-state index is 12.9. The number of nitrogens with two attached hydrogens (primary N) is 4. The molecule has 0 saturated heterocycles. The number of primary amides is 1. The SMILES string of the molecule is CSCCC(NC(=O)C(CCCN=C(N)N)NC(=O)C(N)CCC(N)=O)C(=O)NCC(=O)O. The number of carbonyl (C=O) groups excluding carboxylic acids is 4. The number of aliphatic carboxylic acids is 1. The molecule has 188 valence electrons. The second-order valence-electron chi connectivity index (χ2n) is 7.08. The summed E-state index contributed by atoms with van der Waals surface area (Å²) in [7, 11) is 0. The van der Waals surface area contributed by atoms with Crippen LogP contribution in [0.4, 0.5) is 0 Å². The minimum atomic E-state index is -1.23. The first-order valence-corrected chi connectivity index (χ1v) is 11.6. The van der Waals surface area contributed by atoms with Gasteiger partial charge in [0, 0.05) is 13.0 Å². The van der Waals surface area contributed by atoms with Gasteiger partial charge in [0.1, 0.15) is 18.6 Å². The van der Waals surface area contributed by atoms with E-state index in [0.29, 0.717) is 12.2 Å². The largest absolute Gasteiger partial charge is 0.480 e. The molecule has 0 aromatic rings. The van der Waals surface area contributed by atoms with Crippen molar-refractivity contribution in [3.63, 3.8) is 0 Å². The molecule has 0 aliphatic heterocycles. The lowest BCUT2D eigenvalue weighted by molar-refractivity contribution is -0.138. The van der Waals surface area contributed by atoms with Gasteiger partial charge in [-0.1, -0.05) is 0 Å². The fourth-order valence-electron chi connectivity index (χ4n) is 2.54. The predicted molar refractivity (Wildman–Crippen MR) is 124 cm³/mol. The molecule has 0 radical (unpaired) electrons. The normalized spacial score (nSPS) is 13.2. The molecule has 0 aliphatic rings. The van der Waals surface area contributed by atoms with Crippen molar-refractivity contribution in [3.8, 4) is 0 Å². The van der Waals surface area contributed by atoms with Crippen LogP contribution < -0.4 is 38.9 Å². The van der Waals surface area contributed by atoms with Gasteiger partial charge in [0.2, 0.25) is 23.6 Å². The van der Waals surface area contributed by atoms with E-state index in [2.05, 4.69) is 20.9 Å². The van der Waals surface area contributed by atoms with Gasteiger partial charge >= 0.3 is 5.97 Å². The van der Waals surface area contributed by atoms with E-state index in [1.165, 1.54) is 11.8 Å². The van der Waals surface area contributed by atoms with Crippen LogP contribution in [-0.4, -0.2) is 83.9 Å². The highest BCUT2D eigenvalue weighted by Crippen LogP contribution is 2.05. The summed E-state index contributed by atoms with van der Waals surface area (Å²) >= 11 is 1.44. The first-order chi connectivity index (χ1) is 15.5. The van der Waals surface area contributed by atoms with Crippen LogP contribution in [0.5, 0.6) is 0 Å². The quantitative estimate of drug-likeness (QED) is 0.0568. The van der Waals surface area contributed by atoms with Crippen LogP contribution in [0.1, 0.15) is 32.1 Å². The standard InChI is InChI=1S/C18H34N8O6S/c1-33-8-6-12(16(31)24-9-14(28)29)26-17(32)11(3-2-7-23-18(21)22)25-15(30)10(19)4-5-13(20)27/h10-12H,2-9,19H2,1H3,(H2,20,27)(H,24,31)(H,25,30)(H,26,32)(H,28,29)(H4,21,22,23). The van der Waals surface area contributed by atoms with E-state index in [1.807, 2.05) is 6.26 Å². The molecule has 0 fully saturated rings. The van der Waals surface area contributed by atoms with Gasteiger partial charge in [-0.25, -0.2) is 0 Å². The summed E-state index contributed by atoms with van der Waals surface area (Å²) in [6.07, 6.45) is 2.41. The lowest BCUT2D eigenvalue weighted by Crippen LogP contribution is -2.56. The van der Waals surface area contributed by atoms with Crippen LogP contribution in [0.3, 0.4) is 0 Å². The molecule has 33 heavy (non-hydrogen) atoms. The molecule has 0 heterocycles. The van der Waals surface area contributed by atoms with E-state index in [0.717, 1.165) is 0 Å². The third kappa shape index (κ3) is 14.6. The van der Waals surface area contributed by atoms with Gasteiger partial charge in [-0.3, -0.25) is 29.0 Å². The number of carbonyl (C=O) groups is 5. The van der Waals surface area contributed by atoms with E-state index < -0.39 is 54.3 Å². The van der Waals surface area contributed by atoms with Crippen molar-refractivity contribution >= 4 is 47.3 Å². The summed E-state index contributed by atoms with van der Waals surface area (Å²) in [4.78, 5) is 63.1. The maximum absolute atomic E-state index is 12.9.